The first kappa shape index (κ1) is 12.2. The number of hydrogen-bond acceptors (Lipinski definition) is 2. The van der Waals surface area contributed by atoms with Crippen molar-refractivity contribution in [3.05, 3.63) is 35.4 Å². The molecule has 3 saturated heterocycles. The van der Waals surface area contributed by atoms with Gasteiger partial charge >= 0.3 is 0 Å². The van der Waals surface area contributed by atoms with Crippen LogP contribution in [0.3, 0.4) is 0 Å². The third-order valence-corrected chi connectivity index (χ3v) is 4.94. The van der Waals surface area contributed by atoms with Crippen molar-refractivity contribution in [2.45, 2.75) is 31.6 Å². The molecule has 3 heterocycles. The molecule has 1 aromatic rings. The summed E-state index contributed by atoms with van der Waals surface area (Å²) in [6, 6.07) is 9.25. The third kappa shape index (κ3) is 2.19. The molecule has 2 atom stereocenters. The van der Waals surface area contributed by atoms with Crippen LogP contribution in [0.2, 0.25) is 0 Å². The summed E-state index contributed by atoms with van der Waals surface area (Å²) in [5.41, 5.74) is 8.64. The number of fused-ring (bicyclic) bond motifs is 3. The van der Waals surface area contributed by atoms with Crippen molar-refractivity contribution >= 4 is 0 Å². The number of benzene rings is 1. The fourth-order valence-corrected chi connectivity index (χ4v) is 3.55. The molecule has 0 amide bonds. The van der Waals surface area contributed by atoms with Gasteiger partial charge < -0.3 is 10.6 Å². The summed E-state index contributed by atoms with van der Waals surface area (Å²) in [6.45, 7) is 6.85. The highest BCUT2D eigenvalue weighted by Gasteiger charge is 2.34. The van der Waals surface area contributed by atoms with E-state index in [1.54, 1.807) is 0 Å². The first-order valence-corrected chi connectivity index (χ1v) is 7.30. The Morgan fingerprint density at radius 2 is 1.89 bits per heavy atom. The van der Waals surface area contributed by atoms with Gasteiger partial charge in [0.15, 0.2) is 0 Å². The van der Waals surface area contributed by atoms with Crippen molar-refractivity contribution in [2.75, 3.05) is 26.2 Å². The van der Waals surface area contributed by atoms with Gasteiger partial charge in [-0.15, -0.1) is 0 Å². The van der Waals surface area contributed by atoms with Gasteiger partial charge in [-0.3, -0.25) is 0 Å². The lowest BCUT2D eigenvalue weighted by atomic mass is 9.75. The maximum absolute atomic E-state index is 5.73. The Morgan fingerprint density at radius 3 is 2.39 bits per heavy atom. The van der Waals surface area contributed by atoms with Gasteiger partial charge in [0.1, 0.15) is 0 Å². The molecule has 2 N–H and O–H groups in total. The fourth-order valence-electron chi connectivity index (χ4n) is 3.55. The molecule has 0 spiro atoms. The van der Waals surface area contributed by atoms with Crippen molar-refractivity contribution in [2.24, 2.45) is 11.7 Å². The monoisotopic (exact) mass is 244 g/mol. The maximum atomic E-state index is 5.73. The lowest BCUT2D eigenvalue weighted by molar-refractivity contribution is 0.0871. The second kappa shape index (κ2) is 5.02. The molecular formula is C16H24N2. The Kier molecular flexibility index (Phi) is 3.40. The summed E-state index contributed by atoms with van der Waals surface area (Å²) in [4.78, 5) is 2.63. The molecule has 3 aliphatic rings. The van der Waals surface area contributed by atoms with E-state index in [9.17, 15) is 0 Å². The molecule has 3 fully saturated rings. The Hall–Kier alpha value is -0.860. The van der Waals surface area contributed by atoms with Crippen LogP contribution < -0.4 is 5.73 Å². The van der Waals surface area contributed by atoms with E-state index in [2.05, 4.69) is 36.1 Å². The molecule has 0 aliphatic carbocycles. The molecule has 2 bridgehead atoms. The minimum absolute atomic E-state index is 0.477. The number of nitrogens with two attached hydrogens (primary N) is 1. The van der Waals surface area contributed by atoms with E-state index < -0.39 is 0 Å². The highest BCUT2D eigenvalue weighted by atomic mass is 15.1. The molecule has 4 rings (SSSR count). The summed E-state index contributed by atoms with van der Waals surface area (Å²) < 4.78 is 0. The molecule has 0 radical (unpaired) electrons. The Balaban J connectivity index is 1.76. The molecule has 2 nitrogen and oxygen atoms in total. The molecule has 2 unspecified atom stereocenters. The molecule has 3 aliphatic heterocycles. The quantitative estimate of drug-likeness (QED) is 0.885. The minimum atomic E-state index is 0.477. The van der Waals surface area contributed by atoms with E-state index in [0.29, 0.717) is 5.92 Å². The summed E-state index contributed by atoms with van der Waals surface area (Å²) in [6.07, 6.45) is 2.79. The Labute approximate surface area is 110 Å². The van der Waals surface area contributed by atoms with Crippen LogP contribution in [-0.2, 0) is 0 Å². The van der Waals surface area contributed by atoms with Gasteiger partial charge in [-0.25, -0.2) is 0 Å². The average molecular weight is 244 g/mol. The SMILES string of the molecule is CC(CN)c1ccc(C2CN3CCC2CC3)cc1. The van der Waals surface area contributed by atoms with Crippen LogP contribution in [0.15, 0.2) is 24.3 Å². The van der Waals surface area contributed by atoms with E-state index in [1.807, 2.05) is 0 Å². The predicted molar refractivity (Wildman–Crippen MR) is 75.8 cm³/mol. The standard InChI is InChI=1S/C16H24N2/c1-12(10-17)13-2-4-14(5-3-13)16-11-18-8-6-15(16)7-9-18/h2-5,12,15-16H,6-11,17H2,1H3. The zero-order valence-corrected chi connectivity index (χ0v) is 11.3. The van der Waals surface area contributed by atoms with Crippen LogP contribution >= 0.6 is 0 Å². The number of hydrogen-bond donors (Lipinski definition) is 1. The van der Waals surface area contributed by atoms with Crippen LogP contribution in [0.1, 0.15) is 42.7 Å². The van der Waals surface area contributed by atoms with Crippen molar-refractivity contribution in [3.63, 3.8) is 0 Å². The van der Waals surface area contributed by atoms with Gasteiger partial charge in [0.2, 0.25) is 0 Å². The first-order chi connectivity index (χ1) is 8.78. The van der Waals surface area contributed by atoms with E-state index in [-0.39, 0.29) is 0 Å². The lowest BCUT2D eigenvalue weighted by Gasteiger charge is -2.45. The molecule has 18 heavy (non-hydrogen) atoms. The lowest BCUT2D eigenvalue weighted by Crippen LogP contribution is -2.46. The van der Waals surface area contributed by atoms with Gasteiger partial charge in [0, 0.05) is 6.54 Å². The van der Waals surface area contributed by atoms with Crippen LogP contribution in [0.5, 0.6) is 0 Å². The molecule has 1 aromatic carbocycles. The molecule has 0 saturated carbocycles. The average Bonchev–Trinajstić information content (AvgIpc) is 2.48. The van der Waals surface area contributed by atoms with Gasteiger partial charge in [-0.1, -0.05) is 31.2 Å². The van der Waals surface area contributed by atoms with Crippen molar-refractivity contribution in [3.8, 4) is 0 Å². The highest BCUT2D eigenvalue weighted by molar-refractivity contribution is 5.29. The van der Waals surface area contributed by atoms with Crippen molar-refractivity contribution in [1.82, 2.24) is 4.90 Å². The topological polar surface area (TPSA) is 29.3 Å². The normalized spacial score (nSPS) is 32.4. The maximum Gasteiger partial charge on any atom is 0.00530 e. The van der Waals surface area contributed by atoms with Crippen molar-refractivity contribution in [1.29, 1.82) is 0 Å². The number of nitrogens with zero attached hydrogens (tertiary/aromatic N) is 1. The zero-order valence-electron chi connectivity index (χ0n) is 11.3. The summed E-state index contributed by atoms with van der Waals surface area (Å²) >= 11 is 0. The smallest absolute Gasteiger partial charge is 0.00530 e. The van der Waals surface area contributed by atoms with E-state index in [4.69, 9.17) is 5.73 Å². The summed E-state index contributed by atoms with van der Waals surface area (Å²) in [5, 5.41) is 0. The van der Waals surface area contributed by atoms with Crippen LogP contribution in [0, 0.1) is 5.92 Å². The molecule has 98 valence electrons. The Bertz CT molecular complexity index is 390. The molecule has 0 aromatic heterocycles. The van der Waals surface area contributed by atoms with E-state index in [0.717, 1.165) is 18.4 Å². The van der Waals surface area contributed by atoms with Crippen LogP contribution in [-0.4, -0.2) is 31.1 Å². The molecule has 2 heteroatoms. The van der Waals surface area contributed by atoms with Crippen LogP contribution in [0.25, 0.3) is 0 Å². The Morgan fingerprint density at radius 1 is 1.22 bits per heavy atom. The molecular weight excluding hydrogens is 220 g/mol. The van der Waals surface area contributed by atoms with Gasteiger partial charge in [0.05, 0.1) is 0 Å². The third-order valence-electron chi connectivity index (χ3n) is 4.94. The predicted octanol–water partition coefficient (Wildman–Crippen LogP) is 2.56. The van der Waals surface area contributed by atoms with Gasteiger partial charge in [-0.05, 0) is 61.4 Å². The second-order valence-corrected chi connectivity index (χ2v) is 6.05. The van der Waals surface area contributed by atoms with Crippen molar-refractivity contribution < 1.29 is 0 Å². The number of piperidine rings is 3. The van der Waals surface area contributed by atoms with Crippen LogP contribution in [0.4, 0.5) is 0 Å². The summed E-state index contributed by atoms with van der Waals surface area (Å²) in [5.74, 6) is 2.17. The van der Waals surface area contributed by atoms with E-state index in [1.165, 1.54) is 43.6 Å². The zero-order chi connectivity index (χ0) is 12.5. The highest BCUT2D eigenvalue weighted by Crippen LogP contribution is 2.39. The number of rotatable bonds is 3. The van der Waals surface area contributed by atoms with E-state index >= 15 is 0 Å². The minimum Gasteiger partial charge on any atom is -0.330 e. The summed E-state index contributed by atoms with van der Waals surface area (Å²) in [7, 11) is 0. The van der Waals surface area contributed by atoms with Gasteiger partial charge in [0.25, 0.3) is 0 Å². The second-order valence-electron chi connectivity index (χ2n) is 6.05. The first-order valence-electron chi connectivity index (χ1n) is 7.30. The fraction of sp³-hybridized carbons (Fsp3) is 0.625. The largest absolute Gasteiger partial charge is 0.330 e. The van der Waals surface area contributed by atoms with Gasteiger partial charge in [-0.2, -0.15) is 0 Å².